The van der Waals surface area contributed by atoms with Crippen LogP contribution in [0.25, 0.3) is 11.1 Å². The summed E-state index contributed by atoms with van der Waals surface area (Å²) in [5, 5.41) is 12.5. The lowest BCUT2D eigenvalue weighted by Crippen LogP contribution is -2.37. The fraction of sp³-hybridized carbons (Fsp3) is 0.188. The van der Waals surface area contributed by atoms with Crippen LogP contribution in [0.15, 0.2) is 36.4 Å². The number of hydrogen-bond donors (Lipinski definition) is 2. The fourth-order valence-corrected chi connectivity index (χ4v) is 2.42. The number of ether oxygens (including phenoxy) is 1. The number of fused-ring (bicyclic) bond motifs is 1. The van der Waals surface area contributed by atoms with E-state index in [1.807, 2.05) is 24.3 Å². The van der Waals surface area contributed by atoms with E-state index in [9.17, 15) is 9.65 Å². The van der Waals surface area contributed by atoms with Gasteiger partial charge in [0.25, 0.3) is 0 Å². The Labute approximate surface area is 122 Å². The molecule has 0 saturated heterocycles. The van der Waals surface area contributed by atoms with Crippen molar-refractivity contribution in [2.45, 2.75) is 6.10 Å². The standard InChI is InChI=1S/C16H14FN3O/c17-11-4-5-13(10(6-11)7-18)14-2-1-3-15-16(14)21-12(8-19)9-20-15/h1-6,12,20H,8-9,19H2/t12-/m0/s1. The molecule has 0 aromatic heterocycles. The van der Waals surface area contributed by atoms with Gasteiger partial charge in [-0.05, 0) is 18.2 Å². The molecule has 0 saturated carbocycles. The third-order valence-electron chi connectivity index (χ3n) is 3.47. The fourth-order valence-electron chi connectivity index (χ4n) is 2.42. The quantitative estimate of drug-likeness (QED) is 0.888. The van der Waals surface area contributed by atoms with Gasteiger partial charge in [0, 0.05) is 17.7 Å². The zero-order valence-electron chi connectivity index (χ0n) is 11.3. The lowest BCUT2D eigenvalue weighted by Gasteiger charge is -2.28. The summed E-state index contributed by atoms with van der Waals surface area (Å²) in [5.74, 6) is 0.223. The Balaban J connectivity index is 2.14. The molecule has 21 heavy (non-hydrogen) atoms. The summed E-state index contributed by atoms with van der Waals surface area (Å²) >= 11 is 0. The van der Waals surface area contributed by atoms with Gasteiger partial charge in [-0.2, -0.15) is 5.26 Å². The highest BCUT2D eigenvalue weighted by Crippen LogP contribution is 2.40. The van der Waals surface area contributed by atoms with Crippen LogP contribution in [0.3, 0.4) is 0 Å². The number of para-hydroxylation sites is 1. The number of nitrogens with one attached hydrogen (secondary N) is 1. The van der Waals surface area contributed by atoms with Crippen LogP contribution in [0, 0.1) is 17.1 Å². The van der Waals surface area contributed by atoms with Crippen molar-refractivity contribution in [3.8, 4) is 22.9 Å². The number of anilines is 1. The Morgan fingerprint density at radius 2 is 2.19 bits per heavy atom. The smallest absolute Gasteiger partial charge is 0.150 e. The van der Waals surface area contributed by atoms with Gasteiger partial charge in [-0.15, -0.1) is 0 Å². The van der Waals surface area contributed by atoms with Gasteiger partial charge in [0.05, 0.1) is 23.9 Å². The maximum atomic E-state index is 13.3. The Bertz CT molecular complexity index is 724. The molecule has 3 N–H and O–H groups in total. The zero-order chi connectivity index (χ0) is 14.8. The molecule has 1 heterocycles. The third kappa shape index (κ3) is 2.41. The highest BCUT2D eigenvalue weighted by atomic mass is 19.1. The molecular formula is C16H14FN3O. The summed E-state index contributed by atoms with van der Waals surface area (Å²) in [7, 11) is 0. The molecule has 1 aliphatic rings. The van der Waals surface area contributed by atoms with Crippen molar-refractivity contribution in [3.63, 3.8) is 0 Å². The summed E-state index contributed by atoms with van der Waals surface area (Å²) in [5.41, 5.74) is 8.20. The van der Waals surface area contributed by atoms with E-state index in [1.54, 1.807) is 6.07 Å². The van der Waals surface area contributed by atoms with Crippen molar-refractivity contribution in [2.75, 3.05) is 18.4 Å². The van der Waals surface area contributed by atoms with E-state index >= 15 is 0 Å². The summed E-state index contributed by atoms with van der Waals surface area (Å²) in [6.45, 7) is 1.04. The Hall–Kier alpha value is -2.58. The van der Waals surface area contributed by atoms with Crippen LogP contribution in [-0.2, 0) is 0 Å². The summed E-state index contributed by atoms with van der Waals surface area (Å²) in [4.78, 5) is 0. The molecule has 0 amide bonds. The minimum Gasteiger partial charge on any atom is -0.484 e. The number of nitriles is 1. The maximum absolute atomic E-state index is 13.3. The van der Waals surface area contributed by atoms with Gasteiger partial charge in [0.2, 0.25) is 0 Å². The molecule has 106 valence electrons. The molecule has 0 aliphatic carbocycles. The van der Waals surface area contributed by atoms with Crippen LogP contribution in [0.4, 0.5) is 10.1 Å². The van der Waals surface area contributed by atoms with Crippen LogP contribution in [0.5, 0.6) is 5.75 Å². The molecule has 0 unspecified atom stereocenters. The average Bonchev–Trinajstić information content (AvgIpc) is 2.53. The van der Waals surface area contributed by atoms with E-state index in [0.717, 1.165) is 11.3 Å². The van der Waals surface area contributed by atoms with E-state index in [1.165, 1.54) is 12.1 Å². The second-order valence-electron chi connectivity index (χ2n) is 4.84. The van der Waals surface area contributed by atoms with Crippen LogP contribution >= 0.6 is 0 Å². The molecule has 1 aliphatic heterocycles. The van der Waals surface area contributed by atoms with Crippen molar-refractivity contribution in [1.82, 2.24) is 0 Å². The van der Waals surface area contributed by atoms with E-state index < -0.39 is 5.82 Å². The Kier molecular flexibility index (Phi) is 3.46. The number of halogens is 1. The number of rotatable bonds is 2. The zero-order valence-corrected chi connectivity index (χ0v) is 11.3. The molecule has 5 heteroatoms. The lowest BCUT2D eigenvalue weighted by atomic mass is 9.98. The molecule has 0 radical (unpaired) electrons. The normalized spacial score (nSPS) is 16.3. The van der Waals surface area contributed by atoms with E-state index in [0.29, 0.717) is 24.4 Å². The second-order valence-corrected chi connectivity index (χ2v) is 4.84. The first kappa shape index (κ1) is 13.4. The SMILES string of the molecule is N#Cc1cc(F)ccc1-c1cccc2c1O[C@@H](CN)CN2. The van der Waals surface area contributed by atoms with Gasteiger partial charge in [-0.25, -0.2) is 4.39 Å². The number of benzene rings is 2. The minimum absolute atomic E-state index is 0.121. The van der Waals surface area contributed by atoms with Crippen LogP contribution in [-0.4, -0.2) is 19.2 Å². The second kappa shape index (κ2) is 5.43. The van der Waals surface area contributed by atoms with Crippen molar-refractivity contribution in [3.05, 3.63) is 47.8 Å². The molecule has 2 aromatic rings. The van der Waals surface area contributed by atoms with Crippen molar-refractivity contribution in [2.24, 2.45) is 5.73 Å². The van der Waals surface area contributed by atoms with E-state index in [2.05, 4.69) is 5.32 Å². The van der Waals surface area contributed by atoms with Gasteiger partial charge in [-0.1, -0.05) is 18.2 Å². The van der Waals surface area contributed by atoms with Gasteiger partial charge in [0.15, 0.2) is 5.75 Å². The average molecular weight is 283 g/mol. The first-order valence-electron chi connectivity index (χ1n) is 6.66. The highest BCUT2D eigenvalue weighted by molar-refractivity contribution is 5.82. The number of nitrogens with zero attached hydrogens (tertiary/aromatic N) is 1. The van der Waals surface area contributed by atoms with Crippen LogP contribution in [0.1, 0.15) is 5.56 Å². The molecule has 3 rings (SSSR count). The van der Waals surface area contributed by atoms with Crippen molar-refractivity contribution in [1.29, 1.82) is 5.26 Å². The Morgan fingerprint density at radius 3 is 2.95 bits per heavy atom. The molecule has 4 nitrogen and oxygen atoms in total. The number of hydrogen-bond acceptors (Lipinski definition) is 4. The first-order valence-corrected chi connectivity index (χ1v) is 6.66. The summed E-state index contributed by atoms with van der Waals surface area (Å²) in [6.07, 6.45) is -0.121. The monoisotopic (exact) mass is 283 g/mol. The maximum Gasteiger partial charge on any atom is 0.150 e. The van der Waals surface area contributed by atoms with Crippen LogP contribution < -0.4 is 15.8 Å². The summed E-state index contributed by atoms with van der Waals surface area (Å²) < 4.78 is 19.2. The van der Waals surface area contributed by atoms with Gasteiger partial charge in [0.1, 0.15) is 11.9 Å². The predicted molar refractivity (Wildman–Crippen MR) is 78.5 cm³/mol. The van der Waals surface area contributed by atoms with E-state index in [4.69, 9.17) is 10.5 Å². The van der Waals surface area contributed by atoms with Crippen LogP contribution in [0.2, 0.25) is 0 Å². The van der Waals surface area contributed by atoms with E-state index in [-0.39, 0.29) is 11.7 Å². The third-order valence-corrected chi connectivity index (χ3v) is 3.47. The minimum atomic E-state index is -0.432. The van der Waals surface area contributed by atoms with Gasteiger partial charge in [-0.3, -0.25) is 0 Å². The summed E-state index contributed by atoms with van der Waals surface area (Å²) in [6, 6.07) is 11.8. The predicted octanol–water partition coefficient (Wildman–Crippen LogP) is 2.50. The first-order chi connectivity index (χ1) is 10.2. The molecule has 2 aromatic carbocycles. The topological polar surface area (TPSA) is 71.1 Å². The molecular weight excluding hydrogens is 269 g/mol. The highest BCUT2D eigenvalue weighted by Gasteiger charge is 2.22. The molecule has 0 fully saturated rings. The molecule has 1 atom stereocenters. The molecule has 0 spiro atoms. The number of nitrogens with two attached hydrogens (primary N) is 1. The van der Waals surface area contributed by atoms with Crippen molar-refractivity contribution >= 4 is 5.69 Å². The van der Waals surface area contributed by atoms with Crippen molar-refractivity contribution < 1.29 is 9.13 Å². The lowest BCUT2D eigenvalue weighted by molar-refractivity contribution is 0.215. The Morgan fingerprint density at radius 1 is 1.33 bits per heavy atom. The van der Waals surface area contributed by atoms with Gasteiger partial charge < -0.3 is 15.8 Å². The van der Waals surface area contributed by atoms with Gasteiger partial charge >= 0.3 is 0 Å². The molecule has 0 bridgehead atoms. The largest absolute Gasteiger partial charge is 0.484 e.